The Balaban J connectivity index is 2.69. The number of nitrogens with one attached hydrogen (secondary N) is 1. The zero-order valence-electron chi connectivity index (χ0n) is 11.4. The average molecular weight is 265 g/mol. The Morgan fingerprint density at radius 3 is 2.79 bits per heavy atom. The predicted molar refractivity (Wildman–Crippen MR) is 70.8 cm³/mol. The van der Waals surface area contributed by atoms with E-state index in [9.17, 15) is 9.59 Å². The number of carbonyl (C=O) groups is 2. The van der Waals surface area contributed by atoms with Crippen LogP contribution in [0.15, 0.2) is 18.3 Å². The van der Waals surface area contributed by atoms with Gasteiger partial charge in [0.15, 0.2) is 0 Å². The smallest absolute Gasteiger partial charge is 0.337 e. The van der Waals surface area contributed by atoms with E-state index in [1.54, 1.807) is 19.3 Å². The fraction of sp³-hybridized carbons (Fsp3) is 0.462. The second-order valence-electron chi connectivity index (χ2n) is 4.51. The minimum absolute atomic E-state index is 0.0358. The molecule has 19 heavy (non-hydrogen) atoms. The van der Waals surface area contributed by atoms with Crippen LogP contribution in [-0.2, 0) is 11.3 Å². The predicted octanol–water partition coefficient (Wildman–Crippen LogP) is 0.594. The van der Waals surface area contributed by atoms with E-state index >= 15 is 0 Å². The first-order valence-electron chi connectivity index (χ1n) is 6.03. The van der Waals surface area contributed by atoms with Crippen LogP contribution in [0.1, 0.15) is 23.0 Å². The average Bonchev–Trinajstić information content (AvgIpc) is 2.37. The topological polar surface area (TPSA) is 82.5 Å². The molecule has 0 radical (unpaired) electrons. The van der Waals surface area contributed by atoms with Crippen LogP contribution in [0.5, 0.6) is 0 Å². The van der Waals surface area contributed by atoms with Gasteiger partial charge in [-0.3, -0.25) is 14.7 Å². The van der Waals surface area contributed by atoms with Gasteiger partial charge in [-0.1, -0.05) is 6.92 Å². The summed E-state index contributed by atoms with van der Waals surface area (Å²) in [5.74, 6) is -1.19. The lowest BCUT2D eigenvalue weighted by Gasteiger charge is -2.20. The quantitative estimate of drug-likeness (QED) is 0.786. The van der Waals surface area contributed by atoms with Crippen molar-refractivity contribution in [3.8, 4) is 0 Å². The van der Waals surface area contributed by atoms with Gasteiger partial charge in [-0.2, -0.15) is 0 Å². The molecular formula is C13H19N3O3. The Hall–Kier alpha value is -1.95. The number of carboxylic acids is 1. The normalized spacial score (nSPS) is 12.2. The van der Waals surface area contributed by atoms with Crippen molar-refractivity contribution in [1.82, 2.24) is 15.2 Å². The van der Waals surface area contributed by atoms with Gasteiger partial charge in [0.05, 0.1) is 11.3 Å². The van der Waals surface area contributed by atoms with Gasteiger partial charge in [0.2, 0.25) is 5.91 Å². The van der Waals surface area contributed by atoms with E-state index in [0.29, 0.717) is 18.8 Å². The molecule has 1 unspecified atom stereocenters. The highest BCUT2D eigenvalue weighted by atomic mass is 16.4. The summed E-state index contributed by atoms with van der Waals surface area (Å²) in [6, 6.07) is 3.13. The summed E-state index contributed by atoms with van der Waals surface area (Å²) in [6.07, 6.45) is 1.57. The fourth-order valence-corrected chi connectivity index (χ4v) is 1.88. The zero-order chi connectivity index (χ0) is 14.4. The van der Waals surface area contributed by atoms with Gasteiger partial charge in [0, 0.05) is 32.3 Å². The minimum atomic E-state index is -0.990. The molecule has 0 aliphatic carbocycles. The molecule has 0 saturated carbocycles. The number of aromatic nitrogens is 1. The Labute approximate surface area is 112 Å². The molecule has 2 N–H and O–H groups in total. The first-order valence-corrected chi connectivity index (χ1v) is 6.03. The van der Waals surface area contributed by atoms with Crippen LogP contribution in [0.3, 0.4) is 0 Å². The molecule has 0 aliphatic heterocycles. The standard InChI is InChI=1S/C13H19N3O3/c1-9(12(17)14-2)7-16(3)8-11-10(13(18)19)5-4-6-15-11/h4-6,9H,7-8H2,1-3H3,(H,14,17)(H,18,19). The molecule has 1 rings (SSSR count). The highest BCUT2D eigenvalue weighted by molar-refractivity contribution is 5.88. The van der Waals surface area contributed by atoms with Crippen molar-refractivity contribution in [1.29, 1.82) is 0 Å². The number of hydrogen-bond acceptors (Lipinski definition) is 4. The number of pyridine rings is 1. The van der Waals surface area contributed by atoms with Crippen LogP contribution in [0, 0.1) is 5.92 Å². The number of amides is 1. The van der Waals surface area contributed by atoms with E-state index in [2.05, 4.69) is 10.3 Å². The molecule has 0 spiro atoms. The van der Waals surface area contributed by atoms with Gasteiger partial charge >= 0.3 is 5.97 Å². The summed E-state index contributed by atoms with van der Waals surface area (Å²) in [5, 5.41) is 11.7. The van der Waals surface area contributed by atoms with E-state index in [1.807, 2.05) is 18.9 Å². The van der Waals surface area contributed by atoms with E-state index < -0.39 is 5.97 Å². The maximum atomic E-state index is 11.4. The van der Waals surface area contributed by atoms with E-state index in [4.69, 9.17) is 5.11 Å². The van der Waals surface area contributed by atoms with Crippen molar-refractivity contribution in [3.63, 3.8) is 0 Å². The Kier molecular flexibility index (Phi) is 5.44. The second kappa shape index (κ2) is 6.84. The highest BCUT2D eigenvalue weighted by Gasteiger charge is 2.16. The molecule has 0 saturated heterocycles. The first kappa shape index (κ1) is 15.1. The van der Waals surface area contributed by atoms with Crippen molar-refractivity contribution in [2.45, 2.75) is 13.5 Å². The third-order valence-corrected chi connectivity index (χ3v) is 2.82. The second-order valence-corrected chi connectivity index (χ2v) is 4.51. The van der Waals surface area contributed by atoms with Crippen molar-refractivity contribution in [2.75, 3.05) is 20.6 Å². The molecule has 6 heteroatoms. The molecule has 6 nitrogen and oxygen atoms in total. The number of carboxylic acid groups (broad SMARTS) is 1. The summed E-state index contributed by atoms with van der Waals surface area (Å²) >= 11 is 0. The number of hydrogen-bond donors (Lipinski definition) is 2. The third kappa shape index (κ3) is 4.33. The SMILES string of the molecule is CNC(=O)C(C)CN(C)Cc1ncccc1C(=O)O. The molecule has 1 heterocycles. The number of carbonyl (C=O) groups excluding carboxylic acids is 1. The number of rotatable bonds is 6. The molecule has 1 aromatic heterocycles. The molecule has 0 aromatic carbocycles. The fourth-order valence-electron chi connectivity index (χ4n) is 1.88. The molecule has 0 aliphatic rings. The van der Waals surface area contributed by atoms with Crippen LogP contribution < -0.4 is 5.32 Å². The van der Waals surface area contributed by atoms with Crippen LogP contribution in [-0.4, -0.2) is 47.5 Å². The van der Waals surface area contributed by atoms with Gasteiger partial charge < -0.3 is 10.4 Å². The number of nitrogens with zero attached hydrogens (tertiary/aromatic N) is 2. The van der Waals surface area contributed by atoms with Crippen LogP contribution in [0.2, 0.25) is 0 Å². The maximum absolute atomic E-state index is 11.4. The van der Waals surface area contributed by atoms with Gasteiger partial charge in [-0.15, -0.1) is 0 Å². The molecule has 1 amide bonds. The summed E-state index contributed by atoms with van der Waals surface area (Å²) in [5.41, 5.74) is 0.698. The Morgan fingerprint density at radius 1 is 1.53 bits per heavy atom. The summed E-state index contributed by atoms with van der Waals surface area (Å²) in [6.45, 7) is 2.75. The molecule has 1 aromatic rings. The Morgan fingerprint density at radius 2 is 2.21 bits per heavy atom. The summed E-state index contributed by atoms with van der Waals surface area (Å²) in [7, 11) is 3.43. The third-order valence-electron chi connectivity index (χ3n) is 2.82. The van der Waals surface area contributed by atoms with Gasteiger partial charge in [-0.05, 0) is 19.2 Å². The lowest BCUT2D eigenvalue weighted by Crippen LogP contribution is -2.34. The molecular weight excluding hydrogens is 246 g/mol. The number of aromatic carboxylic acids is 1. The zero-order valence-corrected chi connectivity index (χ0v) is 11.4. The maximum Gasteiger partial charge on any atom is 0.337 e. The lowest BCUT2D eigenvalue weighted by atomic mass is 10.1. The molecule has 1 atom stereocenters. The van der Waals surface area contributed by atoms with E-state index in [-0.39, 0.29) is 17.4 Å². The summed E-state index contributed by atoms with van der Waals surface area (Å²) < 4.78 is 0. The minimum Gasteiger partial charge on any atom is -0.478 e. The highest BCUT2D eigenvalue weighted by Crippen LogP contribution is 2.09. The van der Waals surface area contributed by atoms with Gasteiger partial charge in [0.1, 0.15) is 0 Å². The van der Waals surface area contributed by atoms with Crippen molar-refractivity contribution >= 4 is 11.9 Å². The largest absolute Gasteiger partial charge is 0.478 e. The molecule has 0 fully saturated rings. The van der Waals surface area contributed by atoms with E-state index in [0.717, 1.165) is 0 Å². The van der Waals surface area contributed by atoms with Gasteiger partial charge in [-0.25, -0.2) is 4.79 Å². The van der Waals surface area contributed by atoms with Crippen molar-refractivity contribution in [2.24, 2.45) is 5.92 Å². The van der Waals surface area contributed by atoms with Crippen molar-refractivity contribution in [3.05, 3.63) is 29.6 Å². The Bertz CT molecular complexity index is 462. The van der Waals surface area contributed by atoms with Crippen molar-refractivity contribution < 1.29 is 14.7 Å². The van der Waals surface area contributed by atoms with Gasteiger partial charge in [0.25, 0.3) is 0 Å². The van der Waals surface area contributed by atoms with Crippen LogP contribution in [0.4, 0.5) is 0 Å². The van der Waals surface area contributed by atoms with Crippen LogP contribution in [0.25, 0.3) is 0 Å². The monoisotopic (exact) mass is 265 g/mol. The lowest BCUT2D eigenvalue weighted by molar-refractivity contribution is -0.124. The first-order chi connectivity index (χ1) is 8.95. The molecule has 0 bridgehead atoms. The van der Waals surface area contributed by atoms with Crippen LogP contribution >= 0.6 is 0 Å². The summed E-state index contributed by atoms with van der Waals surface area (Å²) in [4.78, 5) is 28.5. The van der Waals surface area contributed by atoms with E-state index in [1.165, 1.54) is 6.07 Å². The molecule has 104 valence electrons.